The van der Waals surface area contributed by atoms with Gasteiger partial charge in [0.05, 0.1) is 7.11 Å². The molecular weight excluding hydrogens is 278 g/mol. The van der Waals surface area contributed by atoms with E-state index in [9.17, 15) is 4.79 Å². The number of rotatable bonds is 6. The summed E-state index contributed by atoms with van der Waals surface area (Å²) < 4.78 is 11.2. The van der Waals surface area contributed by atoms with E-state index in [0.29, 0.717) is 29.9 Å². The third kappa shape index (κ3) is 3.06. The van der Waals surface area contributed by atoms with Crippen LogP contribution in [0.15, 0.2) is 24.3 Å². The van der Waals surface area contributed by atoms with Crippen molar-refractivity contribution >= 4 is 5.91 Å². The molecule has 1 N–H and O–H groups in total. The maximum absolute atomic E-state index is 12.5. The number of fused-ring (bicyclic) bond motifs is 2. The number of hydrogen-bond acceptors (Lipinski definition) is 3. The lowest BCUT2D eigenvalue weighted by atomic mass is 9.95. The van der Waals surface area contributed by atoms with E-state index < -0.39 is 6.10 Å². The molecule has 2 saturated carbocycles. The number of carbonyl (C=O) groups excluding carboxylic acids is 1. The predicted molar refractivity (Wildman–Crippen MR) is 85.1 cm³/mol. The van der Waals surface area contributed by atoms with Crippen LogP contribution in [0.4, 0.5) is 0 Å². The zero-order valence-corrected chi connectivity index (χ0v) is 13.4. The zero-order chi connectivity index (χ0) is 15.5. The molecule has 2 fully saturated rings. The summed E-state index contributed by atoms with van der Waals surface area (Å²) in [6, 6.07) is 7.81. The van der Waals surface area contributed by atoms with Gasteiger partial charge in [0.2, 0.25) is 0 Å². The zero-order valence-electron chi connectivity index (χ0n) is 13.4. The Kier molecular flexibility index (Phi) is 4.55. The highest BCUT2D eigenvalue weighted by atomic mass is 16.5. The van der Waals surface area contributed by atoms with Crippen molar-refractivity contribution in [2.24, 2.45) is 11.8 Å². The second kappa shape index (κ2) is 6.59. The van der Waals surface area contributed by atoms with Crippen LogP contribution < -0.4 is 14.8 Å². The van der Waals surface area contributed by atoms with Gasteiger partial charge >= 0.3 is 0 Å². The SMILES string of the molecule is CC[C@H](Oc1ccccc1OC)C(=O)N[C@@H]1C[C@H]2CC[C@H]1C2. The van der Waals surface area contributed by atoms with Gasteiger partial charge in [0.1, 0.15) is 0 Å². The molecule has 4 nitrogen and oxygen atoms in total. The van der Waals surface area contributed by atoms with Crippen LogP contribution in [-0.4, -0.2) is 25.2 Å². The Morgan fingerprint density at radius 1 is 1.27 bits per heavy atom. The van der Waals surface area contributed by atoms with Crippen LogP contribution in [-0.2, 0) is 4.79 Å². The molecule has 0 radical (unpaired) electrons. The molecule has 1 aromatic carbocycles. The first kappa shape index (κ1) is 15.2. The number of carbonyl (C=O) groups is 1. The van der Waals surface area contributed by atoms with Gasteiger partial charge in [-0.25, -0.2) is 0 Å². The number of hydrogen-bond donors (Lipinski definition) is 1. The minimum atomic E-state index is -0.463. The van der Waals surface area contributed by atoms with E-state index in [0.717, 1.165) is 12.3 Å². The number of amides is 1. The number of methoxy groups -OCH3 is 1. The number of benzene rings is 1. The molecule has 1 aromatic rings. The van der Waals surface area contributed by atoms with Crippen molar-refractivity contribution in [1.29, 1.82) is 0 Å². The summed E-state index contributed by atoms with van der Waals surface area (Å²) in [4.78, 5) is 12.5. The Morgan fingerprint density at radius 2 is 2.05 bits per heavy atom. The summed E-state index contributed by atoms with van der Waals surface area (Å²) in [5.74, 6) is 2.79. The van der Waals surface area contributed by atoms with E-state index in [-0.39, 0.29) is 5.91 Å². The second-order valence-electron chi connectivity index (χ2n) is 6.46. The standard InChI is InChI=1S/C18H25NO3/c1-3-15(22-17-7-5-4-6-16(17)21-2)18(20)19-14-11-12-8-9-13(14)10-12/h4-7,12-15H,3,8-11H2,1-2H3,(H,19,20)/t12-,13-,14+,15-/m0/s1. The monoisotopic (exact) mass is 303 g/mol. The lowest BCUT2D eigenvalue weighted by Crippen LogP contribution is -2.45. The first-order valence-corrected chi connectivity index (χ1v) is 8.31. The van der Waals surface area contributed by atoms with Crippen molar-refractivity contribution in [1.82, 2.24) is 5.32 Å². The molecule has 0 spiro atoms. The number of nitrogens with one attached hydrogen (secondary N) is 1. The normalized spacial score (nSPS) is 27.5. The molecule has 120 valence electrons. The largest absolute Gasteiger partial charge is 0.493 e. The molecule has 0 heterocycles. The fourth-order valence-electron chi connectivity index (χ4n) is 3.89. The first-order chi connectivity index (χ1) is 10.7. The quantitative estimate of drug-likeness (QED) is 0.878. The van der Waals surface area contributed by atoms with Crippen molar-refractivity contribution in [3.63, 3.8) is 0 Å². The van der Waals surface area contributed by atoms with Gasteiger partial charge < -0.3 is 14.8 Å². The maximum atomic E-state index is 12.5. The number of para-hydroxylation sites is 2. The average Bonchev–Trinajstić information content (AvgIpc) is 3.15. The average molecular weight is 303 g/mol. The highest BCUT2D eigenvalue weighted by Gasteiger charge is 2.40. The third-order valence-corrected chi connectivity index (χ3v) is 5.07. The molecule has 22 heavy (non-hydrogen) atoms. The molecule has 4 atom stereocenters. The predicted octanol–water partition coefficient (Wildman–Crippen LogP) is 3.16. The van der Waals surface area contributed by atoms with Crippen LogP contribution in [0.25, 0.3) is 0 Å². The van der Waals surface area contributed by atoms with E-state index >= 15 is 0 Å². The molecule has 0 aromatic heterocycles. The Hall–Kier alpha value is -1.71. The molecule has 4 heteroatoms. The van der Waals surface area contributed by atoms with E-state index in [2.05, 4.69) is 5.32 Å². The van der Waals surface area contributed by atoms with Crippen molar-refractivity contribution < 1.29 is 14.3 Å². The van der Waals surface area contributed by atoms with Crippen molar-refractivity contribution in [2.75, 3.05) is 7.11 Å². The summed E-state index contributed by atoms with van der Waals surface area (Å²) in [7, 11) is 1.61. The Bertz CT molecular complexity index is 531. The fraction of sp³-hybridized carbons (Fsp3) is 0.611. The minimum Gasteiger partial charge on any atom is -0.493 e. The molecule has 0 aliphatic heterocycles. The molecule has 0 saturated heterocycles. The van der Waals surface area contributed by atoms with Crippen LogP contribution in [0.5, 0.6) is 11.5 Å². The highest BCUT2D eigenvalue weighted by Crippen LogP contribution is 2.44. The lowest BCUT2D eigenvalue weighted by Gasteiger charge is -2.26. The molecular formula is C18H25NO3. The van der Waals surface area contributed by atoms with Crippen molar-refractivity contribution in [3.05, 3.63) is 24.3 Å². The van der Waals surface area contributed by atoms with E-state index in [1.165, 1.54) is 19.3 Å². The van der Waals surface area contributed by atoms with E-state index in [1.807, 2.05) is 31.2 Å². The summed E-state index contributed by atoms with van der Waals surface area (Å²) in [5.41, 5.74) is 0. The Balaban J connectivity index is 1.62. The Morgan fingerprint density at radius 3 is 2.64 bits per heavy atom. The highest BCUT2D eigenvalue weighted by molar-refractivity contribution is 5.81. The molecule has 2 bridgehead atoms. The van der Waals surface area contributed by atoms with Gasteiger partial charge in [-0.05, 0) is 49.7 Å². The van der Waals surface area contributed by atoms with Gasteiger partial charge in [-0.1, -0.05) is 25.5 Å². The smallest absolute Gasteiger partial charge is 0.261 e. The molecule has 3 rings (SSSR count). The molecule has 1 amide bonds. The van der Waals surface area contributed by atoms with Gasteiger partial charge in [-0.2, -0.15) is 0 Å². The van der Waals surface area contributed by atoms with Gasteiger partial charge in [0.15, 0.2) is 17.6 Å². The van der Waals surface area contributed by atoms with Crippen LogP contribution >= 0.6 is 0 Å². The van der Waals surface area contributed by atoms with Gasteiger partial charge in [0.25, 0.3) is 5.91 Å². The number of ether oxygens (including phenoxy) is 2. The van der Waals surface area contributed by atoms with Gasteiger partial charge in [-0.15, -0.1) is 0 Å². The lowest BCUT2D eigenvalue weighted by molar-refractivity contribution is -0.129. The molecule has 2 aliphatic carbocycles. The van der Waals surface area contributed by atoms with Crippen molar-refractivity contribution in [2.45, 2.75) is 51.2 Å². The summed E-state index contributed by atoms with van der Waals surface area (Å²) >= 11 is 0. The van der Waals surface area contributed by atoms with Gasteiger partial charge in [0, 0.05) is 6.04 Å². The van der Waals surface area contributed by atoms with Gasteiger partial charge in [-0.3, -0.25) is 4.79 Å². The summed E-state index contributed by atoms with van der Waals surface area (Å²) in [5, 5.41) is 3.21. The molecule has 0 unspecified atom stereocenters. The van der Waals surface area contributed by atoms with E-state index in [1.54, 1.807) is 7.11 Å². The topological polar surface area (TPSA) is 47.6 Å². The van der Waals surface area contributed by atoms with Crippen LogP contribution in [0.2, 0.25) is 0 Å². The Labute approximate surface area is 132 Å². The maximum Gasteiger partial charge on any atom is 0.261 e. The first-order valence-electron chi connectivity index (χ1n) is 8.31. The third-order valence-electron chi connectivity index (χ3n) is 5.07. The second-order valence-corrected chi connectivity index (χ2v) is 6.46. The van der Waals surface area contributed by atoms with Crippen LogP contribution in [0.3, 0.4) is 0 Å². The fourth-order valence-corrected chi connectivity index (χ4v) is 3.89. The minimum absolute atomic E-state index is 0.00551. The van der Waals surface area contributed by atoms with Crippen LogP contribution in [0, 0.1) is 11.8 Å². The summed E-state index contributed by atoms with van der Waals surface area (Å²) in [6.07, 6.45) is 5.21. The van der Waals surface area contributed by atoms with E-state index in [4.69, 9.17) is 9.47 Å². The summed E-state index contributed by atoms with van der Waals surface area (Å²) in [6.45, 7) is 1.97. The molecule has 2 aliphatic rings. The van der Waals surface area contributed by atoms with Crippen molar-refractivity contribution in [3.8, 4) is 11.5 Å². The van der Waals surface area contributed by atoms with Crippen LogP contribution in [0.1, 0.15) is 39.0 Å².